The van der Waals surface area contributed by atoms with E-state index in [-0.39, 0.29) is 18.9 Å². The summed E-state index contributed by atoms with van der Waals surface area (Å²) in [6.45, 7) is 6.54. The lowest BCUT2D eigenvalue weighted by Crippen LogP contribution is -2.38. The molecule has 4 heteroatoms. The summed E-state index contributed by atoms with van der Waals surface area (Å²) in [5.74, 6) is 9.34. The summed E-state index contributed by atoms with van der Waals surface area (Å²) >= 11 is 0. The fourth-order valence-electron chi connectivity index (χ4n) is 8.46. The highest BCUT2D eigenvalue weighted by Gasteiger charge is 2.65. The molecular weight excluding hydrogens is 364 g/mol. The van der Waals surface area contributed by atoms with Crippen LogP contribution in [0.15, 0.2) is 0 Å². The van der Waals surface area contributed by atoms with Gasteiger partial charge in [0.15, 0.2) is 6.29 Å². The lowest BCUT2D eigenvalue weighted by atomic mass is 9.61. The van der Waals surface area contributed by atoms with Gasteiger partial charge in [-0.3, -0.25) is 4.79 Å². The molecule has 9 unspecified atom stereocenters. The Bertz CT molecular complexity index is 585. The van der Waals surface area contributed by atoms with Crippen LogP contribution in [0.1, 0.15) is 71.6 Å². The van der Waals surface area contributed by atoms with Gasteiger partial charge in [-0.15, -0.1) is 0 Å². The highest BCUT2D eigenvalue weighted by molar-refractivity contribution is 5.69. The summed E-state index contributed by atoms with van der Waals surface area (Å²) in [5.41, 5.74) is 0. The van der Waals surface area contributed by atoms with E-state index < -0.39 is 0 Å². The summed E-state index contributed by atoms with van der Waals surface area (Å²) in [4.78, 5) is 11.8. The second-order valence-corrected chi connectivity index (χ2v) is 10.9. The van der Waals surface area contributed by atoms with E-state index in [4.69, 9.17) is 14.2 Å². The molecule has 9 atom stereocenters. The van der Waals surface area contributed by atoms with Crippen molar-refractivity contribution in [1.82, 2.24) is 0 Å². The van der Waals surface area contributed by atoms with Crippen LogP contribution in [0.25, 0.3) is 0 Å². The second kappa shape index (κ2) is 8.49. The molecule has 1 heterocycles. The minimum Gasteiger partial charge on any atom is -0.460 e. The van der Waals surface area contributed by atoms with E-state index in [1.54, 1.807) is 12.8 Å². The molecule has 5 aliphatic rings. The summed E-state index contributed by atoms with van der Waals surface area (Å²) in [7, 11) is 0. The zero-order valence-electron chi connectivity index (χ0n) is 18.4. The largest absolute Gasteiger partial charge is 0.460 e. The molecule has 4 nitrogen and oxygen atoms in total. The number of unbranched alkanes of at least 4 members (excludes halogenated alkanes) is 3. The Labute approximate surface area is 176 Å². The van der Waals surface area contributed by atoms with Crippen molar-refractivity contribution >= 4 is 5.97 Å². The molecule has 0 N–H and O–H groups in total. The molecule has 1 aliphatic heterocycles. The van der Waals surface area contributed by atoms with Crippen LogP contribution in [0.2, 0.25) is 0 Å². The number of hydrogen-bond acceptors (Lipinski definition) is 4. The lowest BCUT2D eigenvalue weighted by Gasteiger charge is -2.43. The molecular formula is C25H40O4. The van der Waals surface area contributed by atoms with Gasteiger partial charge in [0.2, 0.25) is 0 Å². The van der Waals surface area contributed by atoms with Crippen LogP contribution in [0.3, 0.4) is 0 Å². The van der Waals surface area contributed by atoms with Gasteiger partial charge in [-0.25, -0.2) is 0 Å². The Morgan fingerprint density at radius 2 is 1.59 bits per heavy atom. The molecule has 0 spiro atoms. The zero-order chi connectivity index (χ0) is 20.0. The highest BCUT2D eigenvalue weighted by Crippen LogP contribution is 2.71. The van der Waals surface area contributed by atoms with Crippen molar-refractivity contribution in [3.8, 4) is 0 Å². The van der Waals surface area contributed by atoms with Crippen LogP contribution in [-0.2, 0) is 19.0 Å². The van der Waals surface area contributed by atoms with Crippen molar-refractivity contribution in [3.05, 3.63) is 0 Å². The van der Waals surface area contributed by atoms with Gasteiger partial charge in [0.25, 0.3) is 0 Å². The molecule has 5 fully saturated rings. The molecule has 0 aromatic carbocycles. The third-order valence-electron chi connectivity index (χ3n) is 9.76. The van der Waals surface area contributed by atoms with E-state index in [1.165, 1.54) is 25.7 Å². The number of carbonyl (C=O) groups is 1. The first-order chi connectivity index (χ1) is 14.1. The van der Waals surface area contributed by atoms with Crippen molar-refractivity contribution in [3.63, 3.8) is 0 Å². The third-order valence-corrected chi connectivity index (χ3v) is 9.76. The Morgan fingerprint density at radius 3 is 2.38 bits per heavy atom. The monoisotopic (exact) mass is 404 g/mol. The number of carbonyl (C=O) groups excluding carboxylic acids is 1. The van der Waals surface area contributed by atoms with Gasteiger partial charge in [-0.05, 0) is 78.9 Å². The highest BCUT2D eigenvalue weighted by atomic mass is 16.7. The van der Waals surface area contributed by atoms with Crippen molar-refractivity contribution in [2.75, 3.05) is 19.8 Å². The van der Waals surface area contributed by atoms with Crippen LogP contribution in [0.5, 0.6) is 0 Å². The standard InChI is InChI=1S/C25H40O4/c1-15-16(2)20-13-19(15)24-18-11-17(21(12-18)25(20)24)7-5-3-4-6-8-22(26)29-14-23-27-9-10-28-23/h15-21,23-25H,3-14H2,1-2H3. The van der Waals surface area contributed by atoms with Crippen molar-refractivity contribution in [2.45, 2.75) is 77.9 Å². The van der Waals surface area contributed by atoms with E-state index >= 15 is 0 Å². The Kier molecular flexibility index (Phi) is 5.95. The van der Waals surface area contributed by atoms with Crippen molar-refractivity contribution in [2.24, 2.45) is 53.3 Å². The third kappa shape index (κ3) is 3.78. The predicted molar refractivity (Wildman–Crippen MR) is 111 cm³/mol. The number of ether oxygens (including phenoxy) is 3. The van der Waals surface area contributed by atoms with Gasteiger partial charge in [0.1, 0.15) is 6.61 Å². The predicted octanol–water partition coefficient (Wildman–Crippen LogP) is 5.05. The molecule has 4 saturated carbocycles. The Morgan fingerprint density at radius 1 is 0.862 bits per heavy atom. The fourth-order valence-corrected chi connectivity index (χ4v) is 8.46. The molecule has 0 aromatic rings. The summed E-state index contributed by atoms with van der Waals surface area (Å²) < 4.78 is 15.8. The summed E-state index contributed by atoms with van der Waals surface area (Å²) in [6.07, 6.45) is 11.0. The molecule has 29 heavy (non-hydrogen) atoms. The minimum atomic E-state index is -0.346. The van der Waals surface area contributed by atoms with Crippen LogP contribution < -0.4 is 0 Å². The molecule has 0 amide bonds. The maximum atomic E-state index is 11.8. The van der Waals surface area contributed by atoms with Gasteiger partial charge in [0, 0.05) is 6.42 Å². The summed E-state index contributed by atoms with van der Waals surface area (Å²) in [5, 5.41) is 0. The number of hydrogen-bond donors (Lipinski definition) is 0. The van der Waals surface area contributed by atoms with Gasteiger partial charge in [0.05, 0.1) is 13.2 Å². The molecule has 1 saturated heterocycles. The minimum absolute atomic E-state index is 0.108. The van der Waals surface area contributed by atoms with Crippen LogP contribution >= 0.6 is 0 Å². The maximum absolute atomic E-state index is 11.8. The molecule has 0 radical (unpaired) electrons. The van der Waals surface area contributed by atoms with Crippen molar-refractivity contribution < 1.29 is 19.0 Å². The number of fused-ring (bicyclic) bond motifs is 9. The van der Waals surface area contributed by atoms with Crippen LogP contribution in [0.4, 0.5) is 0 Å². The molecule has 4 bridgehead atoms. The van der Waals surface area contributed by atoms with Crippen LogP contribution in [0, 0.1) is 53.3 Å². The second-order valence-electron chi connectivity index (χ2n) is 10.9. The Hall–Kier alpha value is -0.610. The van der Waals surface area contributed by atoms with Gasteiger partial charge >= 0.3 is 5.97 Å². The lowest BCUT2D eigenvalue weighted by molar-refractivity contribution is -0.155. The zero-order valence-corrected chi connectivity index (χ0v) is 18.4. The SMILES string of the molecule is CC1C(C)C2CC1C1C3CC(CCCCCCC(=O)OCC4OCCO4)C(C3)C21. The average molecular weight is 405 g/mol. The first kappa shape index (κ1) is 20.3. The normalized spacial score (nSPS) is 45.2. The fraction of sp³-hybridized carbons (Fsp3) is 0.960. The van der Waals surface area contributed by atoms with E-state index in [1.807, 2.05) is 0 Å². The Balaban J connectivity index is 0.966. The molecule has 4 aliphatic carbocycles. The number of esters is 1. The summed E-state index contributed by atoms with van der Waals surface area (Å²) in [6, 6.07) is 0. The van der Waals surface area contributed by atoms with Gasteiger partial charge < -0.3 is 14.2 Å². The van der Waals surface area contributed by atoms with E-state index in [9.17, 15) is 4.79 Å². The molecule has 5 rings (SSSR count). The maximum Gasteiger partial charge on any atom is 0.305 e. The quantitative estimate of drug-likeness (QED) is 0.306. The molecule has 164 valence electrons. The van der Waals surface area contributed by atoms with E-state index in [0.717, 1.165) is 66.1 Å². The first-order valence-corrected chi connectivity index (χ1v) is 12.5. The first-order valence-electron chi connectivity index (χ1n) is 12.5. The van der Waals surface area contributed by atoms with E-state index in [2.05, 4.69) is 13.8 Å². The molecule has 0 aromatic heterocycles. The van der Waals surface area contributed by atoms with Gasteiger partial charge in [-0.2, -0.15) is 0 Å². The number of rotatable bonds is 9. The van der Waals surface area contributed by atoms with Crippen LogP contribution in [-0.4, -0.2) is 32.1 Å². The average Bonchev–Trinajstić information content (AvgIpc) is 3.50. The van der Waals surface area contributed by atoms with Gasteiger partial charge in [-0.1, -0.05) is 39.5 Å². The van der Waals surface area contributed by atoms with E-state index in [0.29, 0.717) is 19.6 Å². The topological polar surface area (TPSA) is 44.8 Å². The smallest absolute Gasteiger partial charge is 0.305 e. The van der Waals surface area contributed by atoms with Crippen molar-refractivity contribution in [1.29, 1.82) is 0 Å².